The van der Waals surface area contributed by atoms with Crippen LogP contribution < -0.4 is 0 Å². The SMILES string of the molecule is CCOC(=O)c1cc(C(C)(C)C)nn1Cc1ccc(C[OH+]COC)cc1. The maximum Gasteiger partial charge on any atom is 0.356 e. The van der Waals surface area contributed by atoms with Gasteiger partial charge in [0.2, 0.25) is 0 Å². The van der Waals surface area contributed by atoms with E-state index in [0.29, 0.717) is 32.2 Å². The summed E-state index contributed by atoms with van der Waals surface area (Å²) in [5, 5.41) is 4.64. The molecular weight excluding hydrogens is 332 g/mol. The van der Waals surface area contributed by atoms with Crippen molar-refractivity contribution in [3.63, 3.8) is 0 Å². The highest BCUT2D eigenvalue weighted by atomic mass is 16.7. The normalized spacial score (nSPS) is 11.6. The van der Waals surface area contributed by atoms with Crippen molar-refractivity contribution in [2.75, 3.05) is 20.5 Å². The molecule has 1 N–H and O–H groups in total. The summed E-state index contributed by atoms with van der Waals surface area (Å²) in [5.41, 5.74) is 3.40. The largest absolute Gasteiger partial charge is 0.461 e. The second-order valence-electron chi connectivity index (χ2n) is 7.16. The molecule has 6 heteroatoms. The molecule has 0 fully saturated rings. The summed E-state index contributed by atoms with van der Waals surface area (Å²) >= 11 is 0. The van der Waals surface area contributed by atoms with Gasteiger partial charge in [-0.15, -0.1) is 0 Å². The van der Waals surface area contributed by atoms with Crippen LogP contribution in [0.2, 0.25) is 0 Å². The molecule has 2 aromatic rings. The van der Waals surface area contributed by atoms with Crippen molar-refractivity contribution in [1.82, 2.24) is 9.78 Å². The second kappa shape index (κ2) is 8.96. The van der Waals surface area contributed by atoms with E-state index in [0.717, 1.165) is 16.8 Å². The van der Waals surface area contributed by atoms with E-state index >= 15 is 0 Å². The van der Waals surface area contributed by atoms with E-state index in [2.05, 4.69) is 30.6 Å². The fourth-order valence-corrected chi connectivity index (χ4v) is 2.46. The molecular formula is C20H29N2O4+. The smallest absolute Gasteiger partial charge is 0.356 e. The molecule has 0 spiro atoms. The van der Waals surface area contributed by atoms with Crippen molar-refractivity contribution >= 4 is 5.97 Å². The number of hydrogen-bond donors (Lipinski definition) is 0. The summed E-state index contributed by atoms with van der Waals surface area (Å²) in [6.07, 6.45) is 0. The van der Waals surface area contributed by atoms with Crippen LogP contribution in [0, 0.1) is 0 Å². The molecule has 142 valence electrons. The molecule has 0 amide bonds. The third-order valence-electron chi connectivity index (χ3n) is 3.90. The molecule has 1 heterocycles. The lowest BCUT2D eigenvalue weighted by Crippen LogP contribution is -2.15. The van der Waals surface area contributed by atoms with E-state index in [-0.39, 0.29) is 11.4 Å². The van der Waals surface area contributed by atoms with E-state index in [1.54, 1.807) is 18.7 Å². The maximum absolute atomic E-state index is 12.3. The van der Waals surface area contributed by atoms with Crippen LogP contribution in [0.1, 0.15) is 55.0 Å². The molecule has 0 bridgehead atoms. The van der Waals surface area contributed by atoms with Crippen LogP contribution in [0.4, 0.5) is 0 Å². The molecule has 0 unspecified atom stereocenters. The van der Waals surface area contributed by atoms with Crippen molar-refractivity contribution < 1.29 is 19.0 Å². The molecule has 1 aromatic carbocycles. The highest BCUT2D eigenvalue weighted by Crippen LogP contribution is 2.23. The number of methoxy groups -OCH3 is 1. The summed E-state index contributed by atoms with van der Waals surface area (Å²) < 4.78 is 16.1. The Kier molecular flexibility index (Phi) is 6.94. The first kappa shape index (κ1) is 20.1. The van der Waals surface area contributed by atoms with Crippen LogP contribution in [0.15, 0.2) is 30.3 Å². The van der Waals surface area contributed by atoms with Gasteiger partial charge in [0, 0.05) is 18.1 Å². The van der Waals surface area contributed by atoms with Crippen LogP contribution >= 0.6 is 0 Å². The van der Waals surface area contributed by atoms with Gasteiger partial charge < -0.3 is 14.2 Å². The molecule has 6 nitrogen and oxygen atoms in total. The Bertz CT molecular complexity index is 714. The monoisotopic (exact) mass is 361 g/mol. The average molecular weight is 361 g/mol. The first-order valence-corrected chi connectivity index (χ1v) is 8.80. The lowest BCUT2D eigenvalue weighted by atomic mass is 9.92. The minimum atomic E-state index is -0.342. The Labute approximate surface area is 155 Å². The van der Waals surface area contributed by atoms with Gasteiger partial charge in [-0.3, -0.25) is 4.68 Å². The second-order valence-corrected chi connectivity index (χ2v) is 7.16. The van der Waals surface area contributed by atoms with E-state index in [4.69, 9.17) is 9.47 Å². The highest BCUT2D eigenvalue weighted by molar-refractivity contribution is 5.87. The zero-order valence-corrected chi connectivity index (χ0v) is 16.3. The molecule has 0 aliphatic rings. The van der Waals surface area contributed by atoms with Crippen LogP contribution in [-0.4, -0.2) is 41.0 Å². The number of esters is 1. The van der Waals surface area contributed by atoms with Crippen LogP contribution in [-0.2, 0) is 28.0 Å². The number of benzene rings is 1. The number of rotatable bonds is 8. The van der Waals surface area contributed by atoms with Gasteiger partial charge in [-0.2, -0.15) is 5.10 Å². The van der Waals surface area contributed by atoms with Gasteiger partial charge in [0.05, 0.1) is 18.8 Å². The Hall–Kier alpha value is -2.18. The third-order valence-corrected chi connectivity index (χ3v) is 3.90. The third kappa shape index (κ3) is 5.41. The Morgan fingerprint density at radius 1 is 1.19 bits per heavy atom. The topological polar surface area (TPSA) is 66.2 Å². The summed E-state index contributed by atoms with van der Waals surface area (Å²) in [6, 6.07) is 9.96. The Morgan fingerprint density at radius 3 is 2.42 bits per heavy atom. The van der Waals surface area contributed by atoms with Gasteiger partial charge in [-0.25, -0.2) is 4.79 Å². The number of aliphatic hydroxyl groups is 2. The van der Waals surface area contributed by atoms with Gasteiger partial charge >= 0.3 is 5.97 Å². The van der Waals surface area contributed by atoms with E-state index < -0.39 is 0 Å². The molecule has 0 saturated carbocycles. The van der Waals surface area contributed by atoms with Gasteiger partial charge in [0.25, 0.3) is 6.79 Å². The molecule has 0 saturated heterocycles. The van der Waals surface area contributed by atoms with E-state index in [1.807, 2.05) is 30.3 Å². The van der Waals surface area contributed by atoms with Crippen molar-refractivity contribution in [3.05, 3.63) is 52.8 Å². The summed E-state index contributed by atoms with van der Waals surface area (Å²) in [7, 11) is 1.63. The van der Waals surface area contributed by atoms with Crippen LogP contribution in [0.25, 0.3) is 0 Å². The number of carbonyl (C=O) groups excluding carboxylic acids is 1. The zero-order valence-electron chi connectivity index (χ0n) is 16.3. The van der Waals surface area contributed by atoms with Crippen molar-refractivity contribution in [3.8, 4) is 0 Å². The predicted octanol–water partition coefficient (Wildman–Crippen LogP) is 3.04. The number of ether oxygens (including phenoxy) is 3. The fraction of sp³-hybridized carbons (Fsp3) is 0.500. The molecule has 2 rings (SSSR count). The number of hydrogen-bond acceptors (Lipinski definition) is 4. The molecule has 0 aliphatic carbocycles. The quantitative estimate of drug-likeness (QED) is 0.314. The average Bonchev–Trinajstić information content (AvgIpc) is 3.01. The Morgan fingerprint density at radius 2 is 1.85 bits per heavy atom. The van der Waals surface area contributed by atoms with Gasteiger partial charge in [-0.05, 0) is 18.6 Å². The van der Waals surface area contributed by atoms with Crippen molar-refractivity contribution in [2.24, 2.45) is 0 Å². The highest BCUT2D eigenvalue weighted by Gasteiger charge is 2.23. The molecule has 1 aromatic heterocycles. The van der Waals surface area contributed by atoms with E-state index in [9.17, 15) is 4.79 Å². The van der Waals surface area contributed by atoms with Crippen molar-refractivity contribution in [2.45, 2.75) is 46.3 Å². The molecule has 0 atom stereocenters. The first-order chi connectivity index (χ1) is 12.3. The summed E-state index contributed by atoms with van der Waals surface area (Å²) in [6.45, 7) is 9.91. The molecule has 0 aliphatic heterocycles. The number of carbonyl (C=O) groups is 1. The minimum Gasteiger partial charge on any atom is -0.461 e. The zero-order chi connectivity index (χ0) is 19.2. The van der Waals surface area contributed by atoms with Crippen LogP contribution in [0.5, 0.6) is 0 Å². The predicted molar refractivity (Wildman–Crippen MR) is 100 cm³/mol. The van der Waals surface area contributed by atoms with Crippen molar-refractivity contribution in [1.29, 1.82) is 0 Å². The van der Waals surface area contributed by atoms with Gasteiger partial charge in [0.1, 0.15) is 5.69 Å². The van der Waals surface area contributed by atoms with Crippen LogP contribution in [0.3, 0.4) is 0 Å². The fourth-order valence-electron chi connectivity index (χ4n) is 2.46. The summed E-state index contributed by atoms with van der Waals surface area (Å²) in [4.78, 5) is 12.3. The van der Waals surface area contributed by atoms with E-state index in [1.165, 1.54) is 0 Å². The minimum absolute atomic E-state index is 0.140. The standard InChI is InChI=1S/C20H28N2O4/c1-6-26-19(23)17-11-18(20(2,3)4)21-22(17)12-15-7-9-16(10-8-15)13-25-14-24-5/h7-11H,6,12-14H2,1-5H3/p+1. The lowest BCUT2D eigenvalue weighted by molar-refractivity contribution is -0.158. The first-order valence-electron chi connectivity index (χ1n) is 8.80. The van der Waals surface area contributed by atoms with Gasteiger partial charge in [0.15, 0.2) is 6.61 Å². The lowest BCUT2D eigenvalue weighted by Gasteiger charge is -2.14. The molecule has 26 heavy (non-hydrogen) atoms. The maximum atomic E-state index is 12.3. The molecule has 0 radical (unpaired) electrons. The van der Waals surface area contributed by atoms with Gasteiger partial charge in [-0.1, -0.05) is 45.0 Å². The number of nitrogens with zero attached hydrogens (tertiary/aromatic N) is 2. The summed E-state index contributed by atoms with van der Waals surface area (Å²) in [5.74, 6) is -0.342. The number of aromatic nitrogens is 2. The Balaban J connectivity index is 2.19.